The molecule has 37 heavy (non-hydrogen) atoms. The number of pyridine rings is 1. The van der Waals surface area contributed by atoms with Gasteiger partial charge in [-0.1, -0.05) is 67.2 Å². The van der Waals surface area contributed by atoms with Crippen LogP contribution in [-0.2, 0) is 16.6 Å². The standard InChI is InChI=1S/C27H21N7O2S/c1-2-37(35,36)33-24-14-21-23(15-28-24)29-17-30-26(21)31-27-25-20-11-7-6-10-19(20)12-13-22(25)32-34(27)16-18-8-4-3-5-9-18/h2-15,17H,1,16H2,(H,28,33)(H,29,30,31). The van der Waals surface area contributed by atoms with Crippen molar-refractivity contribution in [1.82, 2.24) is 24.7 Å². The first-order chi connectivity index (χ1) is 18.0. The van der Waals surface area contributed by atoms with Crippen molar-refractivity contribution in [3.8, 4) is 0 Å². The van der Waals surface area contributed by atoms with Gasteiger partial charge in [-0.15, -0.1) is 0 Å². The van der Waals surface area contributed by atoms with E-state index in [9.17, 15) is 8.42 Å². The normalized spacial score (nSPS) is 11.7. The van der Waals surface area contributed by atoms with Crippen molar-refractivity contribution in [2.45, 2.75) is 6.54 Å². The molecule has 2 N–H and O–H groups in total. The van der Waals surface area contributed by atoms with E-state index in [1.165, 1.54) is 12.5 Å². The van der Waals surface area contributed by atoms with E-state index in [-0.39, 0.29) is 5.82 Å². The van der Waals surface area contributed by atoms with E-state index < -0.39 is 10.0 Å². The minimum absolute atomic E-state index is 0.137. The Morgan fingerprint density at radius 2 is 1.70 bits per heavy atom. The van der Waals surface area contributed by atoms with Crippen LogP contribution in [0.15, 0.2) is 97.3 Å². The zero-order valence-corrected chi connectivity index (χ0v) is 20.4. The highest BCUT2D eigenvalue weighted by Gasteiger charge is 2.17. The Bertz CT molecular complexity index is 1900. The number of aromatic nitrogens is 5. The van der Waals surface area contributed by atoms with Crippen LogP contribution in [0, 0.1) is 0 Å². The van der Waals surface area contributed by atoms with Gasteiger partial charge in [0.2, 0.25) is 0 Å². The average molecular weight is 508 g/mol. The highest BCUT2D eigenvalue weighted by molar-refractivity contribution is 7.95. The Balaban J connectivity index is 1.53. The molecule has 0 spiro atoms. The predicted molar refractivity (Wildman–Crippen MR) is 146 cm³/mol. The molecule has 6 rings (SSSR count). The first-order valence-electron chi connectivity index (χ1n) is 11.5. The largest absolute Gasteiger partial charge is 0.324 e. The Morgan fingerprint density at radius 1 is 0.892 bits per heavy atom. The molecule has 3 aromatic carbocycles. The summed E-state index contributed by atoms with van der Waals surface area (Å²) in [5.41, 5.74) is 2.50. The van der Waals surface area contributed by atoms with E-state index in [2.05, 4.69) is 61.9 Å². The van der Waals surface area contributed by atoms with Gasteiger partial charge in [-0.05, 0) is 28.5 Å². The predicted octanol–water partition coefficient (Wildman–Crippen LogP) is 5.20. The number of benzene rings is 3. The molecule has 3 heterocycles. The van der Waals surface area contributed by atoms with Crippen LogP contribution in [-0.4, -0.2) is 33.2 Å². The van der Waals surface area contributed by atoms with Crippen molar-refractivity contribution in [1.29, 1.82) is 0 Å². The molecular formula is C27H21N7O2S. The van der Waals surface area contributed by atoms with Gasteiger partial charge < -0.3 is 5.32 Å². The van der Waals surface area contributed by atoms with Gasteiger partial charge in [0.25, 0.3) is 10.0 Å². The summed E-state index contributed by atoms with van der Waals surface area (Å²) in [5.74, 6) is 1.40. The number of hydrogen-bond acceptors (Lipinski definition) is 7. The van der Waals surface area contributed by atoms with Crippen LogP contribution in [0.5, 0.6) is 0 Å². The number of anilines is 3. The first-order valence-corrected chi connectivity index (χ1v) is 13.0. The Labute approximate surface area is 212 Å². The summed E-state index contributed by atoms with van der Waals surface area (Å²) < 4.78 is 28.3. The molecule has 9 nitrogen and oxygen atoms in total. The summed E-state index contributed by atoms with van der Waals surface area (Å²) in [6.07, 6.45) is 2.94. The second kappa shape index (κ2) is 8.99. The monoisotopic (exact) mass is 507 g/mol. The molecule has 0 saturated heterocycles. The number of hydrogen-bond donors (Lipinski definition) is 2. The molecular weight excluding hydrogens is 486 g/mol. The molecule has 0 radical (unpaired) electrons. The third-order valence-electron chi connectivity index (χ3n) is 6.03. The molecule has 10 heteroatoms. The summed E-state index contributed by atoms with van der Waals surface area (Å²) in [4.78, 5) is 13.0. The molecule has 0 amide bonds. The number of rotatable bonds is 7. The van der Waals surface area contributed by atoms with Crippen LogP contribution in [0.25, 0.3) is 32.6 Å². The number of fused-ring (bicyclic) bond motifs is 4. The first kappa shape index (κ1) is 22.6. The maximum atomic E-state index is 12.0. The molecule has 0 fully saturated rings. The fourth-order valence-corrected chi connectivity index (χ4v) is 4.80. The van der Waals surface area contributed by atoms with Gasteiger partial charge in [0.1, 0.15) is 23.8 Å². The minimum Gasteiger partial charge on any atom is -0.324 e. The Hall–Kier alpha value is -4.83. The molecule has 0 unspecified atom stereocenters. The lowest BCUT2D eigenvalue weighted by Gasteiger charge is -2.13. The molecule has 0 saturated carbocycles. The van der Waals surface area contributed by atoms with Crippen molar-refractivity contribution in [3.05, 3.63) is 103 Å². The molecule has 3 aromatic heterocycles. The van der Waals surface area contributed by atoms with Crippen molar-refractivity contribution >= 4 is 60.1 Å². The van der Waals surface area contributed by atoms with E-state index >= 15 is 0 Å². The number of nitrogens with zero attached hydrogens (tertiary/aromatic N) is 5. The zero-order chi connectivity index (χ0) is 25.4. The number of sulfonamides is 1. The average Bonchev–Trinajstić information content (AvgIpc) is 3.26. The van der Waals surface area contributed by atoms with E-state index in [1.54, 1.807) is 6.07 Å². The van der Waals surface area contributed by atoms with Crippen molar-refractivity contribution in [3.63, 3.8) is 0 Å². The lowest BCUT2D eigenvalue weighted by Crippen LogP contribution is -2.10. The Kier molecular flexibility index (Phi) is 5.50. The SMILES string of the molecule is C=CS(=O)(=O)Nc1cc2c(Nc3c4c(ccc5ccccc54)nn3Cc3ccccc3)ncnc2cn1. The summed E-state index contributed by atoms with van der Waals surface area (Å²) in [6.45, 7) is 3.87. The van der Waals surface area contributed by atoms with Gasteiger partial charge in [-0.2, -0.15) is 5.10 Å². The van der Waals surface area contributed by atoms with Crippen molar-refractivity contribution < 1.29 is 8.42 Å². The van der Waals surface area contributed by atoms with Crippen LogP contribution in [0.3, 0.4) is 0 Å². The van der Waals surface area contributed by atoms with Crippen LogP contribution in [0.1, 0.15) is 5.56 Å². The van der Waals surface area contributed by atoms with Crippen molar-refractivity contribution in [2.24, 2.45) is 0 Å². The summed E-state index contributed by atoms with van der Waals surface area (Å²) in [6, 6.07) is 23.9. The van der Waals surface area contributed by atoms with Gasteiger partial charge in [0, 0.05) is 10.8 Å². The minimum atomic E-state index is -3.72. The molecule has 0 aliphatic rings. The van der Waals surface area contributed by atoms with E-state index in [0.29, 0.717) is 23.3 Å². The van der Waals surface area contributed by atoms with E-state index in [4.69, 9.17) is 5.10 Å². The number of nitrogens with one attached hydrogen (secondary N) is 2. The molecule has 6 aromatic rings. The smallest absolute Gasteiger partial charge is 0.255 e. The third-order valence-corrected chi connectivity index (χ3v) is 6.96. The molecule has 0 bridgehead atoms. The van der Waals surface area contributed by atoms with Gasteiger partial charge in [0.15, 0.2) is 0 Å². The van der Waals surface area contributed by atoms with E-state index in [0.717, 1.165) is 38.5 Å². The van der Waals surface area contributed by atoms with Gasteiger partial charge in [-0.3, -0.25) is 4.72 Å². The lowest BCUT2D eigenvalue weighted by atomic mass is 10.1. The van der Waals surface area contributed by atoms with Gasteiger partial charge in [-0.25, -0.2) is 28.1 Å². The maximum absolute atomic E-state index is 12.0. The highest BCUT2D eigenvalue weighted by Crippen LogP contribution is 2.35. The zero-order valence-electron chi connectivity index (χ0n) is 19.5. The fraction of sp³-hybridized carbons (Fsp3) is 0.0370. The summed E-state index contributed by atoms with van der Waals surface area (Å²) >= 11 is 0. The quantitative estimate of drug-likeness (QED) is 0.305. The van der Waals surface area contributed by atoms with Crippen LogP contribution in [0.4, 0.5) is 17.5 Å². The molecule has 0 atom stereocenters. The summed E-state index contributed by atoms with van der Waals surface area (Å²) in [7, 11) is -3.72. The van der Waals surface area contributed by atoms with Gasteiger partial charge in [0.05, 0.1) is 29.2 Å². The van der Waals surface area contributed by atoms with Crippen LogP contribution in [0.2, 0.25) is 0 Å². The molecule has 0 aliphatic heterocycles. The lowest BCUT2D eigenvalue weighted by molar-refractivity contribution is 0.609. The van der Waals surface area contributed by atoms with E-state index in [1.807, 2.05) is 41.1 Å². The summed E-state index contributed by atoms with van der Waals surface area (Å²) in [5, 5.41) is 12.9. The fourth-order valence-electron chi connectivity index (χ4n) is 4.31. The molecule has 0 aliphatic carbocycles. The highest BCUT2D eigenvalue weighted by atomic mass is 32.2. The van der Waals surface area contributed by atoms with Crippen LogP contribution < -0.4 is 10.0 Å². The van der Waals surface area contributed by atoms with Gasteiger partial charge >= 0.3 is 0 Å². The Morgan fingerprint density at radius 3 is 2.54 bits per heavy atom. The second-order valence-corrected chi connectivity index (χ2v) is 10.0. The second-order valence-electron chi connectivity index (χ2n) is 8.42. The molecule has 182 valence electrons. The van der Waals surface area contributed by atoms with Crippen molar-refractivity contribution in [2.75, 3.05) is 10.0 Å². The topological polar surface area (TPSA) is 115 Å². The third kappa shape index (κ3) is 4.34. The van der Waals surface area contributed by atoms with Crippen LogP contribution >= 0.6 is 0 Å². The maximum Gasteiger partial charge on any atom is 0.255 e.